The number of methoxy groups -OCH3 is 1. The molecule has 17 heavy (non-hydrogen) atoms. The highest BCUT2D eigenvalue weighted by molar-refractivity contribution is 6.05. The summed E-state index contributed by atoms with van der Waals surface area (Å²) < 4.78 is 5.19. The predicted octanol–water partition coefficient (Wildman–Crippen LogP) is 3.71. The van der Waals surface area contributed by atoms with E-state index >= 15 is 0 Å². The molecule has 0 spiro atoms. The quantitative estimate of drug-likeness (QED) is 0.587. The zero-order valence-corrected chi connectivity index (χ0v) is 9.90. The number of nitrogens with zero attached hydrogens (tertiary/aromatic N) is 1. The molecule has 2 nitrogen and oxygen atoms in total. The Morgan fingerprint density at radius 1 is 0.941 bits per heavy atom. The van der Waals surface area contributed by atoms with Crippen molar-refractivity contribution in [2.24, 2.45) is 0 Å². The first-order chi connectivity index (χ1) is 8.28. The van der Waals surface area contributed by atoms with Gasteiger partial charge in [0, 0.05) is 16.8 Å². The fourth-order valence-corrected chi connectivity index (χ4v) is 2.12. The normalized spacial score (nSPS) is 10.9. The molecule has 2 heteroatoms. The zero-order chi connectivity index (χ0) is 11.8. The van der Waals surface area contributed by atoms with Gasteiger partial charge in [-0.2, -0.15) is 0 Å². The second-order valence-electron chi connectivity index (χ2n) is 4.22. The Labute approximate surface area is 99.9 Å². The van der Waals surface area contributed by atoms with Gasteiger partial charge < -0.3 is 4.74 Å². The summed E-state index contributed by atoms with van der Waals surface area (Å²) in [5, 5.41) is 3.54. The van der Waals surface area contributed by atoms with E-state index in [0.717, 1.165) is 10.9 Å². The number of ether oxygens (including phenoxy) is 1. The number of hydrogen-bond acceptors (Lipinski definition) is 2. The van der Waals surface area contributed by atoms with Crippen molar-refractivity contribution < 1.29 is 4.74 Å². The lowest BCUT2D eigenvalue weighted by Gasteiger charge is -2.06. The average Bonchev–Trinajstić information content (AvgIpc) is 2.38. The van der Waals surface area contributed by atoms with E-state index in [0.29, 0.717) is 5.88 Å². The van der Waals surface area contributed by atoms with Gasteiger partial charge in [0.15, 0.2) is 0 Å². The van der Waals surface area contributed by atoms with Gasteiger partial charge in [-0.25, -0.2) is 4.98 Å². The fourth-order valence-electron chi connectivity index (χ4n) is 2.12. The Kier molecular flexibility index (Phi) is 2.22. The Balaban J connectivity index is 2.47. The van der Waals surface area contributed by atoms with Crippen molar-refractivity contribution in [3.63, 3.8) is 0 Å². The molecule has 0 aliphatic carbocycles. The lowest BCUT2D eigenvalue weighted by Crippen LogP contribution is -1.89. The molecule has 0 unspecified atom stereocenters. The van der Waals surface area contributed by atoms with Gasteiger partial charge in [-0.1, -0.05) is 29.8 Å². The van der Waals surface area contributed by atoms with Gasteiger partial charge in [-0.3, -0.25) is 0 Å². The van der Waals surface area contributed by atoms with Gasteiger partial charge in [-0.15, -0.1) is 0 Å². The molecule has 0 aliphatic heterocycles. The van der Waals surface area contributed by atoms with Crippen LogP contribution in [-0.4, -0.2) is 12.1 Å². The van der Waals surface area contributed by atoms with Gasteiger partial charge in [0.2, 0.25) is 5.88 Å². The highest BCUT2D eigenvalue weighted by atomic mass is 16.5. The van der Waals surface area contributed by atoms with Crippen molar-refractivity contribution in [1.29, 1.82) is 0 Å². The molecule has 0 saturated carbocycles. The molecule has 0 atom stereocenters. The lowest BCUT2D eigenvalue weighted by molar-refractivity contribution is 0.399. The first kappa shape index (κ1) is 10.1. The molecule has 0 fully saturated rings. The number of fused-ring (bicyclic) bond motifs is 3. The highest BCUT2D eigenvalue weighted by Gasteiger charge is 2.03. The van der Waals surface area contributed by atoms with Crippen LogP contribution < -0.4 is 4.74 Å². The summed E-state index contributed by atoms with van der Waals surface area (Å²) >= 11 is 0. The van der Waals surface area contributed by atoms with E-state index in [9.17, 15) is 0 Å². The Hall–Kier alpha value is -2.09. The maximum absolute atomic E-state index is 5.19. The number of aromatic nitrogens is 1. The lowest BCUT2D eigenvalue weighted by atomic mass is 10.0. The summed E-state index contributed by atoms with van der Waals surface area (Å²) in [5.41, 5.74) is 2.25. The minimum atomic E-state index is 0.659. The maximum Gasteiger partial charge on any atom is 0.213 e. The molecule has 0 N–H and O–H groups in total. The second kappa shape index (κ2) is 3.74. The van der Waals surface area contributed by atoms with Crippen LogP contribution in [0.5, 0.6) is 5.88 Å². The number of benzene rings is 2. The van der Waals surface area contributed by atoms with E-state index in [2.05, 4.69) is 42.2 Å². The van der Waals surface area contributed by atoms with E-state index < -0.39 is 0 Å². The molecule has 2 aromatic carbocycles. The Morgan fingerprint density at radius 2 is 1.65 bits per heavy atom. The van der Waals surface area contributed by atoms with Crippen molar-refractivity contribution in [3.05, 3.63) is 48.0 Å². The third-order valence-electron chi connectivity index (χ3n) is 3.02. The zero-order valence-electron chi connectivity index (χ0n) is 9.90. The minimum absolute atomic E-state index is 0.659. The summed E-state index contributed by atoms with van der Waals surface area (Å²) in [4.78, 5) is 4.54. The molecule has 84 valence electrons. The van der Waals surface area contributed by atoms with Crippen LogP contribution in [-0.2, 0) is 0 Å². The van der Waals surface area contributed by atoms with Gasteiger partial charge in [-0.05, 0) is 24.4 Å². The van der Waals surface area contributed by atoms with Crippen LogP contribution in [0, 0.1) is 6.92 Å². The topological polar surface area (TPSA) is 22.1 Å². The third kappa shape index (κ3) is 1.62. The highest BCUT2D eigenvalue weighted by Crippen LogP contribution is 2.26. The summed E-state index contributed by atoms with van der Waals surface area (Å²) in [6, 6.07) is 14.6. The summed E-state index contributed by atoms with van der Waals surface area (Å²) in [6.45, 7) is 2.10. The first-order valence-corrected chi connectivity index (χ1v) is 5.62. The maximum atomic E-state index is 5.19. The van der Waals surface area contributed by atoms with Gasteiger partial charge in [0.05, 0.1) is 12.6 Å². The number of rotatable bonds is 1. The minimum Gasteiger partial charge on any atom is -0.481 e. The van der Waals surface area contributed by atoms with Crippen LogP contribution in [0.15, 0.2) is 42.5 Å². The molecule has 0 aliphatic rings. The van der Waals surface area contributed by atoms with Gasteiger partial charge in [0.25, 0.3) is 0 Å². The monoisotopic (exact) mass is 223 g/mol. The molecular weight excluding hydrogens is 210 g/mol. The fraction of sp³-hybridized carbons (Fsp3) is 0.133. The van der Waals surface area contributed by atoms with Crippen molar-refractivity contribution in [2.75, 3.05) is 7.11 Å². The summed E-state index contributed by atoms with van der Waals surface area (Å²) in [7, 11) is 1.64. The number of hydrogen-bond donors (Lipinski definition) is 0. The van der Waals surface area contributed by atoms with Crippen LogP contribution in [0.25, 0.3) is 21.7 Å². The Morgan fingerprint density at radius 3 is 2.47 bits per heavy atom. The first-order valence-electron chi connectivity index (χ1n) is 5.62. The number of aryl methyl sites for hydroxylation is 1. The largest absolute Gasteiger partial charge is 0.481 e. The van der Waals surface area contributed by atoms with Crippen LogP contribution in [0.1, 0.15) is 5.56 Å². The van der Waals surface area contributed by atoms with Crippen LogP contribution in [0.4, 0.5) is 0 Å². The van der Waals surface area contributed by atoms with Gasteiger partial charge in [0.1, 0.15) is 0 Å². The van der Waals surface area contributed by atoms with Crippen LogP contribution in [0.2, 0.25) is 0 Å². The molecule has 3 rings (SSSR count). The average molecular weight is 223 g/mol. The van der Waals surface area contributed by atoms with E-state index in [1.165, 1.54) is 16.3 Å². The molecule has 1 aromatic heterocycles. The van der Waals surface area contributed by atoms with Crippen molar-refractivity contribution in [1.82, 2.24) is 4.98 Å². The Bertz CT molecular complexity index is 704. The standard InChI is InChI=1S/C15H13NO/c1-10-3-4-11-5-6-12-7-8-14(17-2)16-15(12)13(11)9-10/h3-9H,1-2H3. The molecule has 0 amide bonds. The third-order valence-corrected chi connectivity index (χ3v) is 3.02. The molecule has 1 heterocycles. The SMILES string of the molecule is COc1ccc2ccc3ccc(C)cc3c2n1. The second-order valence-corrected chi connectivity index (χ2v) is 4.22. The van der Waals surface area contributed by atoms with Crippen LogP contribution in [0.3, 0.4) is 0 Å². The van der Waals surface area contributed by atoms with Crippen molar-refractivity contribution >= 4 is 21.7 Å². The van der Waals surface area contributed by atoms with E-state index in [1.807, 2.05) is 12.1 Å². The van der Waals surface area contributed by atoms with Crippen molar-refractivity contribution in [2.45, 2.75) is 6.92 Å². The van der Waals surface area contributed by atoms with E-state index in [4.69, 9.17) is 4.74 Å². The number of pyridine rings is 1. The van der Waals surface area contributed by atoms with Gasteiger partial charge >= 0.3 is 0 Å². The molecule has 3 aromatic rings. The molecule has 0 radical (unpaired) electrons. The van der Waals surface area contributed by atoms with E-state index in [1.54, 1.807) is 7.11 Å². The molecule has 0 saturated heterocycles. The van der Waals surface area contributed by atoms with Crippen LogP contribution >= 0.6 is 0 Å². The van der Waals surface area contributed by atoms with Crippen molar-refractivity contribution in [3.8, 4) is 5.88 Å². The predicted molar refractivity (Wildman–Crippen MR) is 70.5 cm³/mol. The summed E-state index contributed by atoms with van der Waals surface area (Å²) in [5.74, 6) is 0.659. The molecule has 0 bridgehead atoms. The molecular formula is C15H13NO. The smallest absolute Gasteiger partial charge is 0.213 e. The van der Waals surface area contributed by atoms with E-state index in [-0.39, 0.29) is 0 Å². The summed E-state index contributed by atoms with van der Waals surface area (Å²) in [6.07, 6.45) is 0.